The summed E-state index contributed by atoms with van der Waals surface area (Å²) < 4.78 is 19.1. The van der Waals surface area contributed by atoms with Gasteiger partial charge in [-0.05, 0) is 38.0 Å². The van der Waals surface area contributed by atoms with Crippen LogP contribution in [0, 0.1) is 12.7 Å². The molecule has 2 aromatic carbocycles. The van der Waals surface area contributed by atoms with Crippen molar-refractivity contribution in [2.75, 3.05) is 13.2 Å². The van der Waals surface area contributed by atoms with E-state index >= 15 is 0 Å². The van der Waals surface area contributed by atoms with E-state index in [1.807, 2.05) is 38.1 Å². The lowest BCUT2D eigenvalue weighted by atomic mass is 10.1. The second-order valence-corrected chi connectivity index (χ2v) is 7.05. The Morgan fingerprint density at radius 1 is 1.14 bits per heavy atom. The summed E-state index contributed by atoms with van der Waals surface area (Å²) in [6.45, 7) is 6.21. The molecule has 0 radical (unpaired) electrons. The number of carbonyl (C=O) groups excluding carboxylic acids is 2. The van der Waals surface area contributed by atoms with Crippen molar-refractivity contribution < 1.29 is 18.7 Å². The van der Waals surface area contributed by atoms with Gasteiger partial charge in [-0.1, -0.05) is 55.3 Å². The molecule has 0 heterocycles. The number of hydrogen-bond donors (Lipinski definition) is 1. The number of hydrogen-bond acceptors (Lipinski definition) is 3. The van der Waals surface area contributed by atoms with Crippen LogP contribution < -0.4 is 10.1 Å². The van der Waals surface area contributed by atoms with Crippen LogP contribution in [0.1, 0.15) is 37.8 Å². The third-order valence-corrected chi connectivity index (χ3v) is 4.66. The number of halogens is 1. The van der Waals surface area contributed by atoms with Crippen LogP contribution >= 0.6 is 0 Å². The number of para-hydroxylation sites is 1. The largest absolute Gasteiger partial charge is 0.481 e. The number of amides is 2. The minimum Gasteiger partial charge on any atom is -0.481 e. The maximum Gasteiger partial charge on any atom is 0.261 e. The first-order valence-corrected chi connectivity index (χ1v) is 9.92. The standard InChI is InChI=1S/C23H29FN2O3/c1-4-5-14-25-23(28)18(3)26(15-19-12-10-17(2)11-13-19)22(27)16-29-21-9-7-6-8-20(21)24/h6-13,18H,4-5,14-16H2,1-3H3,(H,25,28). The van der Waals surface area contributed by atoms with Gasteiger partial charge < -0.3 is 15.0 Å². The van der Waals surface area contributed by atoms with Crippen molar-refractivity contribution in [2.45, 2.75) is 46.2 Å². The number of carbonyl (C=O) groups is 2. The van der Waals surface area contributed by atoms with Crippen LogP contribution in [0.4, 0.5) is 4.39 Å². The first-order valence-electron chi connectivity index (χ1n) is 9.92. The van der Waals surface area contributed by atoms with Crippen molar-refractivity contribution in [3.63, 3.8) is 0 Å². The Bertz CT molecular complexity index is 808. The molecule has 5 nitrogen and oxygen atoms in total. The lowest BCUT2D eigenvalue weighted by Crippen LogP contribution is -2.49. The third-order valence-electron chi connectivity index (χ3n) is 4.66. The summed E-state index contributed by atoms with van der Waals surface area (Å²) in [5.41, 5.74) is 2.02. The lowest BCUT2D eigenvalue weighted by molar-refractivity contribution is -0.142. The van der Waals surface area contributed by atoms with E-state index in [0.717, 1.165) is 24.0 Å². The van der Waals surface area contributed by atoms with Crippen LogP contribution in [-0.2, 0) is 16.1 Å². The highest BCUT2D eigenvalue weighted by molar-refractivity contribution is 5.87. The van der Waals surface area contributed by atoms with Crippen molar-refractivity contribution in [1.29, 1.82) is 0 Å². The summed E-state index contributed by atoms with van der Waals surface area (Å²) in [4.78, 5) is 26.9. The predicted molar refractivity (Wildman–Crippen MR) is 111 cm³/mol. The van der Waals surface area contributed by atoms with Crippen LogP contribution in [0.25, 0.3) is 0 Å². The number of ether oxygens (including phenoxy) is 1. The van der Waals surface area contributed by atoms with E-state index in [4.69, 9.17) is 4.74 Å². The second kappa shape index (κ2) is 11.2. The lowest BCUT2D eigenvalue weighted by Gasteiger charge is -2.28. The molecule has 1 unspecified atom stereocenters. The Kier molecular flexibility index (Phi) is 8.65. The molecule has 1 N–H and O–H groups in total. The summed E-state index contributed by atoms with van der Waals surface area (Å²) >= 11 is 0. The number of unbranched alkanes of at least 4 members (excludes halogenated alkanes) is 1. The Balaban J connectivity index is 2.11. The van der Waals surface area contributed by atoms with Gasteiger partial charge >= 0.3 is 0 Å². The van der Waals surface area contributed by atoms with Crippen LogP contribution in [0.5, 0.6) is 5.75 Å². The summed E-state index contributed by atoms with van der Waals surface area (Å²) in [5.74, 6) is -1.12. The van der Waals surface area contributed by atoms with Crippen LogP contribution in [-0.4, -0.2) is 35.9 Å². The highest BCUT2D eigenvalue weighted by atomic mass is 19.1. The van der Waals surface area contributed by atoms with Crippen molar-refractivity contribution >= 4 is 11.8 Å². The minimum atomic E-state index is -0.676. The van der Waals surface area contributed by atoms with Gasteiger partial charge in [-0.25, -0.2) is 4.39 Å². The number of nitrogens with zero attached hydrogens (tertiary/aromatic N) is 1. The molecule has 0 bridgehead atoms. The molecular formula is C23H29FN2O3. The highest BCUT2D eigenvalue weighted by Gasteiger charge is 2.26. The molecule has 0 aromatic heterocycles. The van der Waals surface area contributed by atoms with Gasteiger partial charge in [-0.2, -0.15) is 0 Å². The van der Waals surface area contributed by atoms with Gasteiger partial charge in [0.1, 0.15) is 6.04 Å². The normalized spacial score (nSPS) is 11.6. The second-order valence-electron chi connectivity index (χ2n) is 7.05. The molecule has 0 spiro atoms. The van der Waals surface area contributed by atoms with E-state index < -0.39 is 11.9 Å². The average Bonchev–Trinajstić information content (AvgIpc) is 2.72. The summed E-state index contributed by atoms with van der Waals surface area (Å²) in [6, 6.07) is 13.0. The average molecular weight is 400 g/mol. The number of nitrogens with one attached hydrogen (secondary N) is 1. The van der Waals surface area contributed by atoms with E-state index in [2.05, 4.69) is 5.32 Å². The SMILES string of the molecule is CCCCNC(=O)C(C)N(Cc1ccc(C)cc1)C(=O)COc1ccccc1F. The molecular weight excluding hydrogens is 371 g/mol. The Morgan fingerprint density at radius 2 is 1.83 bits per heavy atom. The van der Waals surface area contributed by atoms with E-state index in [0.29, 0.717) is 6.54 Å². The van der Waals surface area contributed by atoms with Crippen molar-refractivity contribution in [3.8, 4) is 5.75 Å². The van der Waals surface area contributed by atoms with Gasteiger partial charge in [0.25, 0.3) is 5.91 Å². The number of rotatable bonds is 10. The minimum absolute atomic E-state index is 0.0104. The molecule has 0 saturated carbocycles. The van der Waals surface area contributed by atoms with Crippen LogP contribution in [0.15, 0.2) is 48.5 Å². The fourth-order valence-corrected chi connectivity index (χ4v) is 2.79. The molecule has 0 fully saturated rings. The zero-order chi connectivity index (χ0) is 21.2. The summed E-state index contributed by atoms with van der Waals surface area (Å²) in [6.07, 6.45) is 1.85. The fraction of sp³-hybridized carbons (Fsp3) is 0.391. The first-order chi connectivity index (χ1) is 13.9. The monoisotopic (exact) mass is 400 g/mol. The van der Waals surface area contributed by atoms with Crippen LogP contribution in [0.2, 0.25) is 0 Å². The van der Waals surface area contributed by atoms with Gasteiger partial charge in [0, 0.05) is 13.1 Å². The van der Waals surface area contributed by atoms with Gasteiger partial charge in [-0.15, -0.1) is 0 Å². The number of benzene rings is 2. The number of aryl methyl sites for hydroxylation is 1. The highest BCUT2D eigenvalue weighted by Crippen LogP contribution is 2.16. The Morgan fingerprint density at radius 3 is 2.48 bits per heavy atom. The van der Waals surface area contributed by atoms with E-state index in [1.54, 1.807) is 19.1 Å². The van der Waals surface area contributed by atoms with Crippen molar-refractivity contribution in [1.82, 2.24) is 10.2 Å². The Labute approximate surface area is 171 Å². The quantitative estimate of drug-likeness (QED) is 0.617. The molecule has 2 rings (SSSR count). The summed E-state index contributed by atoms with van der Waals surface area (Å²) in [7, 11) is 0. The van der Waals surface area contributed by atoms with E-state index in [1.165, 1.54) is 17.0 Å². The molecule has 0 aliphatic rings. The first kappa shape index (κ1) is 22.4. The van der Waals surface area contributed by atoms with Crippen LogP contribution in [0.3, 0.4) is 0 Å². The molecule has 0 saturated heterocycles. The van der Waals surface area contributed by atoms with E-state index in [-0.39, 0.29) is 30.7 Å². The smallest absolute Gasteiger partial charge is 0.261 e. The molecule has 6 heteroatoms. The molecule has 29 heavy (non-hydrogen) atoms. The zero-order valence-electron chi connectivity index (χ0n) is 17.3. The molecule has 2 aromatic rings. The fourth-order valence-electron chi connectivity index (χ4n) is 2.79. The molecule has 2 amide bonds. The molecule has 0 aliphatic heterocycles. The molecule has 0 aliphatic carbocycles. The van der Waals surface area contributed by atoms with Crippen molar-refractivity contribution in [3.05, 3.63) is 65.5 Å². The summed E-state index contributed by atoms with van der Waals surface area (Å²) in [5, 5.41) is 2.86. The maximum absolute atomic E-state index is 13.8. The Hall–Kier alpha value is -2.89. The van der Waals surface area contributed by atoms with Crippen molar-refractivity contribution in [2.24, 2.45) is 0 Å². The zero-order valence-corrected chi connectivity index (χ0v) is 17.3. The van der Waals surface area contributed by atoms with Gasteiger partial charge in [0.05, 0.1) is 0 Å². The van der Waals surface area contributed by atoms with E-state index in [9.17, 15) is 14.0 Å². The molecule has 156 valence electrons. The third kappa shape index (κ3) is 6.89. The predicted octanol–water partition coefficient (Wildman–Crippen LogP) is 3.85. The molecule has 1 atom stereocenters. The topological polar surface area (TPSA) is 58.6 Å². The maximum atomic E-state index is 13.8. The van der Waals surface area contributed by atoms with Gasteiger partial charge in [0.15, 0.2) is 18.2 Å². The van der Waals surface area contributed by atoms with Gasteiger partial charge in [0.2, 0.25) is 5.91 Å². The van der Waals surface area contributed by atoms with Gasteiger partial charge in [-0.3, -0.25) is 9.59 Å².